The summed E-state index contributed by atoms with van der Waals surface area (Å²) in [5.41, 5.74) is 0.935. The van der Waals surface area contributed by atoms with E-state index in [1.54, 1.807) is 13.0 Å². The third-order valence-electron chi connectivity index (χ3n) is 2.13. The monoisotopic (exact) mass is 232 g/mol. The average Bonchev–Trinajstić information content (AvgIpc) is 2.78. The first-order valence-corrected chi connectivity index (χ1v) is 4.77. The molecule has 1 N–H and O–H groups in total. The minimum Gasteiger partial charge on any atom is -0.372 e. The highest BCUT2D eigenvalue weighted by Gasteiger charge is 2.18. The van der Waals surface area contributed by atoms with Gasteiger partial charge in [0.25, 0.3) is 0 Å². The molecule has 0 saturated heterocycles. The Morgan fingerprint density at radius 1 is 1.47 bits per heavy atom. The highest BCUT2D eigenvalue weighted by atomic mass is 16.6. The molecule has 0 atom stereocenters. The molecule has 0 aliphatic rings. The minimum atomic E-state index is -0.526. The molecule has 7 nitrogen and oxygen atoms in total. The summed E-state index contributed by atoms with van der Waals surface area (Å²) in [6.07, 6.45) is 0. The summed E-state index contributed by atoms with van der Waals surface area (Å²) in [6.45, 7) is 2.15. The molecule has 0 aliphatic carbocycles. The van der Waals surface area contributed by atoms with Crippen molar-refractivity contribution in [1.82, 2.24) is 10.3 Å². The minimum absolute atomic E-state index is 0.129. The van der Waals surface area contributed by atoms with Crippen molar-refractivity contribution in [2.45, 2.75) is 6.92 Å². The number of benzene rings is 1. The topological polar surface area (TPSA) is 94.1 Å². The number of aromatic nitrogens is 2. The Hall–Kier alpha value is -2.62. The predicted molar refractivity (Wildman–Crippen MR) is 60.4 cm³/mol. The fourth-order valence-electron chi connectivity index (χ4n) is 1.37. The van der Waals surface area contributed by atoms with E-state index in [1.165, 1.54) is 6.07 Å². The van der Waals surface area contributed by atoms with Crippen LogP contribution in [0, 0.1) is 22.0 Å². The molecule has 0 aliphatic heterocycles. The van der Waals surface area contributed by atoms with E-state index in [9.17, 15) is 10.1 Å². The van der Waals surface area contributed by atoms with E-state index >= 15 is 0 Å². The van der Waals surface area contributed by atoms with E-state index in [2.05, 4.69) is 32.1 Å². The molecule has 7 heteroatoms. The molecular formula is C10H8N4O3. The molecule has 17 heavy (non-hydrogen) atoms. The number of rotatable bonds is 3. The van der Waals surface area contributed by atoms with Crippen molar-refractivity contribution in [2.75, 3.05) is 11.9 Å². The number of hydrogen-bond donors (Lipinski definition) is 1. The van der Waals surface area contributed by atoms with Crippen LogP contribution in [0.5, 0.6) is 0 Å². The van der Waals surface area contributed by atoms with E-state index in [1.807, 2.05) is 0 Å². The number of nitrogens with zero attached hydrogens (tertiary/aromatic N) is 3. The molecule has 1 aromatic carbocycles. The van der Waals surface area contributed by atoms with Crippen LogP contribution in [0.2, 0.25) is 0 Å². The maximum absolute atomic E-state index is 10.7. The molecule has 0 amide bonds. The van der Waals surface area contributed by atoms with Crippen molar-refractivity contribution in [2.24, 2.45) is 0 Å². The van der Waals surface area contributed by atoms with Gasteiger partial charge in [-0.15, -0.1) is 5.92 Å². The molecular weight excluding hydrogens is 224 g/mol. The Morgan fingerprint density at radius 2 is 2.24 bits per heavy atom. The lowest BCUT2D eigenvalue weighted by molar-refractivity contribution is -0.383. The van der Waals surface area contributed by atoms with Gasteiger partial charge in [0.05, 0.1) is 17.2 Å². The van der Waals surface area contributed by atoms with Gasteiger partial charge in [0.2, 0.25) is 5.52 Å². The molecule has 1 aromatic heterocycles. The normalized spacial score (nSPS) is 9.71. The zero-order valence-corrected chi connectivity index (χ0v) is 8.93. The van der Waals surface area contributed by atoms with Crippen molar-refractivity contribution < 1.29 is 9.55 Å². The molecule has 0 bridgehead atoms. The second-order valence-corrected chi connectivity index (χ2v) is 3.13. The fourth-order valence-corrected chi connectivity index (χ4v) is 1.37. The molecule has 1 heterocycles. The van der Waals surface area contributed by atoms with Crippen LogP contribution < -0.4 is 5.32 Å². The van der Waals surface area contributed by atoms with Gasteiger partial charge in [0, 0.05) is 6.07 Å². The maximum Gasteiger partial charge on any atom is 0.300 e. The van der Waals surface area contributed by atoms with Gasteiger partial charge in [-0.1, -0.05) is 5.92 Å². The van der Waals surface area contributed by atoms with Crippen molar-refractivity contribution in [3.8, 4) is 11.8 Å². The number of nitro benzene ring substituents is 1. The van der Waals surface area contributed by atoms with Crippen LogP contribution in [0.1, 0.15) is 6.92 Å². The zero-order chi connectivity index (χ0) is 12.3. The van der Waals surface area contributed by atoms with Gasteiger partial charge >= 0.3 is 5.69 Å². The van der Waals surface area contributed by atoms with Gasteiger partial charge in [-0.05, 0) is 23.3 Å². The Kier molecular flexibility index (Phi) is 2.87. The molecule has 2 rings (SSSR count). The van der Waals surface area contributed by atoms with Gasteiger partial charge in [-0.3, -0.25) is 10.1 Å². The Morgan fingerprint density at radius 3 is 2.94 bits per heavy atom. The maximum atomic E-state index is 10.7. The van der Waals surface area contributed by atoms with Gasteiger partial charge < -0.3 is 5.32 Å². The second kappa shape index (κ2) is 4.49. The molecule has 86 valence electrons. The van der Waals surface area contributed by atoms with Crippen molar-refractivity contribution in [1.29, 1.82) is 0 Å². The number of nitro groups is 1. The molecule has 0 saturated carbocycles. The van der Waals surface area contributed by atoms with Crippen LogP contribution in [-0.2, 0) is 0 Å². The third-order valence-corrected chi connectivity index (χ3v) is 2.13. The standard InChI is InChI=1S/C10H8N4O3/c1-2-3-6-11-7-4-5-8(14(15)16)10-9(7)12-17-13-10/h4-5,11H,6H2,1H3. The predicted octanol–water partition coefficient (Wildman–Crippen LogP) is 1.57. The van der Waals surface area contributed by atoms with Crippen LogP contribution in [0.3, 0.4) is 0 Å². The summed E-state index contributed by atoms with van der Waals surface area (Å²) in [7, 11) is 0. The summed E-state index contributed by atoms with van der Waals surface area (Å²) in [5.74, 6) is 5.55. The van der Waals surface area contributed by atoms with Gasteiger partial charge in [0.1, 0.15) is 0 Å². The third kappa shape index (κ3) is 2.01. The van der Waals surface area contributed by atoms with Crippen molar-refractivity contribution in [3.63, 3.8) is 0 Å². The summed E-state index contributed by atoms with van der Waals surface area (Å²) >= 11 is 0. The summed E-state index contributed by atoms with van der Waals surface area (Å²) < 4.78 is 4.52. The van der Waals surface area contributed by atoms with Crippen molar-refractivity contribution >= 4 is 22.4 Å². The van der Waals surface area contributed by atoms with Crippen molar-refractivity contribution in [3.05, 3.63) is 22.2 Å². The van der Waals surface area contributed by atoms with E-state index in [-0.39, 0.29) is 11.2 Å². The average molecular weight is 232 g/mol. The first-order valence-electron chi connectivity index (χ1n) is 4.77. The zero-order valence-electron chi connectivity index (χ0n) is 8.93. The smallest absolute Gasteiger partial charge is 0.300 e. The largest absolute Gasteiger partial charge is 0.372 e. The molecule has 0 unspecified atom stereocenters. The van der Waals surface area contributed by atoms with E-state index in [4.69, 9.17) is 0 Å². The van der Waals surface area contributed by atoms with E-state index in [0.29, 0.717) is 17.7 Å². The number of non-ortho nitro benzene ring substituents is 1. The molecule has 0 radical (unpaired) electrons. The lowest BCUT2D eigenvalue weighted by atomic mass is 10.2. The summed E-state index contributed by atoms with van der Waals surface area (Å²) in [4.78, 5) is 10.2. The van der Waals surface area contributed by atoms with Gasteiger partial charge in [0.15, 0.2) is 5.52 Å². The lowest BCUT2D eigenvalue weighted by Gasteiger charge is -2.01. The van der Waals surface area contributed by atoms with Gasteiger partial charge in [-0.25, -0.2) is 4.63 Å². The van der Waals surface area contributed by atoms with Gasteiger partial charge in [-0.2, -0.15) is 0 Å². The first-order chi connectivity index (χ1) is 8.24. The quantitative estimate of drug-likeness (QED) is 0.490. The molecule has 2 aromatic rings. The van der Waals surface area contributed by atoms with Crippen LogP contribution in [0.15, 0.2) is 16.8 Å². The van der Waals surface area contributed by atoms with Crippen LogP contribution in [0.25, 0.3) is 11.0 Å². The molecule has 0 fully saturated rings. The number of hydrogen-bond acceptors (Lipinski definition) is 6. The Labute approximate surface area is 95.9 Å². The Balaban J connectivity index is 2.44. The van der Waals surface area contributed by atoms with E-state index in [0.717, 1.165) is 0 Å². The number of fused-ring (bicyclic) bond motifs is 1. The second-order valence-electron chi connectivity index (χ2n) is 3.13. The number of nitrogens with one attached hydrogen (secondary N) is 1. The van der Waals surface area contributed by atoms with Crippen LogP contribution in [0.4, 0.5) is 11.4 Å². The van der Waals surface area contributed by atoms with Crippen LogP contribution in [-0.4, -0.2) is 21.8 Å². The fraction of sp³-hybridized carbons (Fsp3) is 0.200. The SMILES string of the molecule is CC#CCNc1ccc([N+](=O)[O-])c2nonc12. The first kappa shape index (κ1) is 10.9. The highest BCUT2D eigenvalue weighted by Crippen LogP contribution is 2.28. The molecule has 0 spiro atoms. The number of anilines is 1. The highest BCUT2D eigenvalue weighted by molar-refractivity contribution is 5.93. The Bertz CT molecular complexity index is 623. The summed E-state index contributed by atoms with van der Waals surface area (Å²) in [6, 6.07) is 2.91. The van der Waals surface area contributed by atoms with Crippen LogP contribution >= 0.6 is 0 Å². The van der Waals surface area contributed by atoms with E-state index < -0.39 is 4.92 Å². The lowest BCUT2D eigenvalue weighted by Crippen LogP contribution is -2.00. The summed E-state index contributed by atoms with van der Waals surface area (Å²) in [5, 5.41) is 20.9.